The molecule has 0 spiro atoms. The lowest BCUT2D eigenvalue weighted by Gasteiger charge is -2.21. The first-order valence-electron chi connectivity index (χ1n) is 7.56. The van der Waals surface area contributed by atoms with Crippen LogP contribution in [-0.2, 0) is 11.3 Å². The smallest absolute Gasteiger partial charge is 0.221 e. The molecule has 0 radical (unpaired) electrons. The highest BCUT2D eigenvalue weighted by molar-refractivity contribution is 5.88. The summed E-state index contributed by atoms with van der Waals surface area (Å²) in [6.45, 7) is 4.04. The molecule has 1 heterocycles. The molecule has 1 saturated heterocycles. The lowest BCUT2D eigenvalue weighted by Crippen LogP contribution is -2.38. The van der Waals surface area contributed by atoms with Gasteiger partial charge in [0.05, 0.1) is 6.54 Å². The van der Waals surface area contributed by atoms with E-state index in [-0.39, 0.29) is 5.91 Å². The molecule has 21 heavy (non-hydrogen) atoms. The SMILES string of the molecule is CC(=O)Nc1cccc(CN=C(N)N2CCCCCC2)c1. The van der Waals surface area contributed by atoms with E-state index < -0.39 is 0 Å². The number of nitrogens with two attached hydrogens (primary N) is 1. The van der Waals surface area contributed by atoms with Crippen molar-refractivity contribution >= 4 is 17.6 Å². The van der Waals surface area contributed by atoms with Gasteiger partial charge in [0.1, 0.15) is 0 Å². The third kappa shape index (κ3) is 5.10. The molecule has 1 amide bonds. The van der Waals surface area contributed by atoms with Gasteiger partial charge in [-0.05, 0) is 30.5 Å². The highest BCUT2D eigenvalue weighted by atomic mass is 16.1. The van der Waals surface area contributed by atoms with Crippen molar-refractivity contribution in [1.82, 2.24) is 4.90 Å². The Morgan fingerprint density at radius 3 is 2.67 bits per heavy atom. The Kier molecular flexibility index (Phi) is 5.60. The van der Waals surface area contributed by atoms with Gasteiger partial charge in [-0.2, -0.15) is 0 Å². The van der Waals surface area contributed by atoms with Crippen molar-refractivity contribution in [3.63, 3.8) is 0 Å². The van der Waals surface area contributed by atoms with E-state index in [2.05, 4.69) is 15.2 Å². The Balaban J connectivity index is 1.97. The van der Waals surface area contributed by atoms with Crippen LogP contribution in [0.5, 0.6) is 0 Å². The zero-order valence-electron chi connectivity index (χ0n) is 12.6. The normalized spacial score (nSPS) is 16.4. The average Bonchev–Trinajstić information content (AvgIpc) is 2.73. The summed E-state index contributed by atoms with van der Waals surface area (Å²) in [4.78, 5) is 17.7. The molecule has 0 unspecified atom stereocenters. The first kappa shape index (κ1) is 15.4. The van der Waals surface area contributed by atoms with Gasteiger partial charge in [-0.25, -0.2) is 4.99 Å². The highest BCUT2D eigenvalue weighted by Gasteiger charge is 2.10. The number of carbonyl (C=O) groups excluding carboxylic acids is 1. The van der Waals surface area contributed by atoms with Crippen LogP contribution in [0.4, 0.5) is 5.69 Å². The van der Waals surface area contributed by atoms with Crippen LogP contribution in [0, 0.1) is 0 Å². The summed E-state index contributed by atoms with van der Waals surface area (Å²) in [6, 6.07) is 7.70. The Labute approximate surface area is 126 Å². The number of rotatable bonds is 3. The number of nitrogens with one attached hydrogen (secondary N) is 1. The standard InChI is InChI=1S/C16H24N4O/c1-13(21)19-15-8-6-7-14(11-15)12-18-16(17)20-9-4-2-3-5-10-20/h6-8,11H,2-5,9-10,12H2,1H3,(H2,17,18)(H,19,21). The molecule has 2 rings (SSSR count). The third-order valence-corrected chi connectivity index (χ3v) is 3.60. The van der Waals surface area contributed by atoms with Crippen molar-refractivity contribution in [2.45, 2.75) is 39.2 Å². The number of guanidine groups is 1. The fraction of sp³-hybridized carbons (Fsp3) is 0.500. The van der Waals surface area contributed by atoms with Crippen LogP contribution in [0.3, 0.4) is 0 Å². The molecule has 3 N–H and O–H groups in total. The number of carbonyl (C=O) groups is 1. The van der Waals surface area contributed by atoms with Crippen LogP contribution in [0.15, 0.2) is 29.3 Å². The molecular formula is C16H24N4O. The van der Waals surface area contributed by atoms with Crippen molar-refractivity contribution < 1.29 is 4.79 Å². The summed E-state index contributed by atoms with van der Waals surface area (Å²) in [6.07, 6.45) is 4.94. The predicted molar refractivity (Wildman–Crippen MR) is 86.1 cm³/mol. The first-order chi connectivity index (χ1) is 10.1. The minimum atomic E-state index is -0.0697. The topological polar surface area (TPSA) is 70.7 Å². The Morgan fingerprint density at radius 2 is 2.00 bits per heavy atom. The van der Waals surface area contributed by atoms with Crippen LogP contribution in [-0.4, -0.2) is 29.9 Å². The lowest BCUT2D eigenvalue weighted by atomic mass is 10.2. The second kappa shape index (κ2) is 7.67. The van der Waals surface area contributed by atoms with Crippen molar-refractivity contribution in [3.8, 4) is 0 Å². The number of benzene rings is 1. The first-order valence-corrected chi connectivity index (χ1v) is 7.56. The summed E-state index contributed by atoms with van der Waals surface area (Å²) in [5.74, 6) is 0.557. The summed E-state index contributed by atoms with van der Waals surface area (Å²) >= 11 is 0. The molecule has 1 fully saturated rings. The van der Waals surface area contributed by atoms with Crippen LogP contribution >= 0.6 is 0 Å². The number of likely N-dealkylation sites (tertiary alicyclic amines) is 1. The zero-order chi connectivity index (χ0) is 15.1. The van der Waals surface area contributed by atoms with Gasteiger partial charge in [-0.1, -0.05) is 25.0 Å². The highest BCUT2D eigenvalue weighted by Crippen LogP contribution is 2.12. The van der Waals surface area contributed by atoms with Crippen molar-refractivity contribution in [1.29, 1.82) is 0 Å². The number of anilines is 1. The van der Waals surface area contributed by atoms with E-state index in [0.29, 0.717) is 12.5 Å². The fourth-order valence-electron chi connectivity index (χ4n) is 2.52. The molecule has 0 aromatic heterocycles. The monoisotopic (exact) mass is 288 g/mol. The van der Waals surface area contributed by atoms with E-state index in [1.54, 1.807) is 0 Å². The zero-order valence-corrected chi connectivity index (χ0v) is 12.6. The molecule has 1 aromatic rings. The van der Waals surface area contributed by atoms with Gasteiger partial charge in [0, 0.05) is 25.7 Å². The second-order valence-corrected chi connectivity index (χ2v) is 5.46. The summed E-state index contributed by atoms with van der Waals surface area (Å²) in [5, 5.41) is 2.78. The van der Waals surface area contributed by atoms with Gasteiger partial charge in [0.2, 0.25) is 5.91 Å². The summed E-state index contributed by atoms with van der Waals surface area (Å²) in [5.41, 5.74) is 7.93. The third-order valence-electron chi connectivity index (χ3n) is 3.60. The molecule has 0 atom stereocenters. The molecule has 5 heteroatoms. The molecule has 0 bridgehead atoms. The number of hydrogen-bond donors (Lipinski definition) is 2. The van der Waals surface area contributed by atoms with E-state index in [4.69, 9.17) is 5.73 Å². The second-order valence-electron chi connectivity index (χ2n) is 5.46. The predicted octanol–water partition coefficient (Wildman–Crippen LogP) is 2.34. The van der Waals surface area contributed by atoms with Gasteiger partial charge in [0.25, 0.3) is 0 Å². The minimum Gasteiger partial charge on any atom is -0.370 e. The molecule has 0 aliphatic carbocycles. The maximum atomic E-state index is 11.1. The van der Waals surface area contributed by atoms with E-state index in [9.17, 15) is 4.79 Å². The molecule has 5 nitrogen and oxygen atoms in total. The van der Waals surface area contributed by atoms with Crippen molar-refractivity contribution in [3.05, 3.63) is 29.8 Å². The molecule has 1 aliphatic rings. The maximum absolute atomic E-state index is 11.1. The van der Waals surface area contributed by atoms with Gasteiger partial charge in [-0.15, -0.1) is 0 Å². The van der Waals surface area contributed by atoms with Crippen molar-refractivity contribution in [2.24, 2.45) is 10.7 Å². The Morgan fingerprint density at radius 1 is 1.29 bits per heavy atom. The number of amides is 1. The molecule has 114 valence electrons. The maximum Gasteiger partial charge on any atom is 0.221 e. The fourth-order valence-corrected chi connectivity index (χ4v) is 2.52. The number of aliphatic imine (C=N–C) groups is 1. The molecule has 1 aromatic carbocycles. The molecular weight excluding hydrogens is 264 g/mol. The average molecular weight is 288 g/mol. The molecule has 0 saturated carbocycles. The Bertz CT molecular complexity index is 505. The van der Waals surface area contributed by atoms with E-state index in [0.717, 1.165) is 24.3 Å². The Hall–Kier alpha value is -2.04. The summed E-state index contributed by atoms with van der Waals surface area (Å²) < 4.78 is 0. The summed E-state index contributed by atoms with van der Waals surface area (Å²) in [7, 11) is 0. The quantitative estimate of drug-likeness (QED) is 0.662. The van der Waals surface area contributed by atoms with Crippen molar-refractivity contribution in [2.75, 3.05) is 18.4 Å². The van der Waals surface area contributed by atoms with Crippen LogP contribution < -0.4 is 11.1 Å². The lowest BCUT2D eigenvalue weighted by molar-refractivity contribution is -0.114. The molecule has 1 aliphatic heterocycles. The van der Waals surface area contributed by atoms with Gasteiger partial charge >= 0.3 is 0 Å². The van der Waals surface area contributed by atoms with Crippen LogP contribution in [0.1, 0.15) is 38.2 Å². The van der Waals surface area contributed by atoms with Crippen LogP contribution in [0.2, 0.25) is 0 Å². The van der Waals surface area contributed by atoms with Gasteiger partial charge < -0.3 is 16.0 Å². The van der Waals surface area contributed by atoms with E-state index in [1.165, 1.54) is 32.6 Å². The van der Waals surface area contributed by atoms with Gasteiger partial charge in [0.15, 0.2) is 5.96 Å². The number of hydrogen-bond acceptors (Lipinski definition) is 2. The largest absolute Gasteiger partial charge is 0.370 e. The van der Waals surface area contributed by atoms with Gasteiger partial charge in [-0.3, -0.25) is 4.79 Å². The van der Waals surface area contributed by atoms with E-state index >= 15 is 0 Å². The minimum absolute atomic E-state index is 0.0697. The number of nitrogens with zero attached hydrogens (tertiary/aromatic N) is 2. The van der Waals surface area contributed by atoms with Crippen LogP contribution in [0.25, 0.3) is 0 Å². The van der Waals surface area contributed by atoms with E-state index in [1.807, 2.05) is 24.3 Å².